The Hall–Kier alpha value is -1.65. The van der Waals surface area contributed by atoms with Crippen molar-refractivity contribution in [3.05, 3.63) is 36.0 Å². The van der Waals surface area contributed by atoms with Gasteiger partial charge in [0.2, 0.25) is 0 Å². The highest BCUT2D eigenvalue weighted by atomic mass is 16.4. The van der Waals surface area contributed by atoms with E-state index in [1.54, 1.807) is 0 Å². The molecule has 1 aromatic carbocycles. The molecule has 2 heterocycles. The molecule has 0 saturated carbocycles. The predicted octanol–water partition coefficient (Wildman–Crippen LogP) is 2.89. The summed E-state index contributed by atoms with van der Waals surface area (Å²) in [7, 11) is 2.16. The van der Waals surface area contributed by atoms with E-state index in [2.05, 4.69) is 24.9 Å². The van der Waals surface area contributed by atoms with Gasteiger partial charge in [-0.15, -0.1) is 0 Å². The number of hydrogen-bond donors (Lipinski definition) is 1. The van der Waals surface area contributed by atoms with Gasteiger partial charge in [0.05, 0.1) is 12.1 Å². The standard InChI is InChI=1S/C17H22N2O2/c1-3-19(16-10-6-7-11-18(16)2)12-14(17(20)21)13-8-4-5-9-15(13)19/h4-5,8-9,12,16H,3,6-7,10-11H2,1-2H3/p+1/t16-,19+/m1/s1. The lowest BCUT2D eigenvalue weighted by Gasteiger charge is -2.45. The summed E-state index contributed by atoms with van der Waals surface area (Å²) in [6.45, 7) is 4.12. The maximum atomic E-state index is 11.6. The molecular formula is C17H23N2O2+. The van der Waals surface area contributed by atoms with E-state index < -0.39 is 5.97 Å². The topological polar surface area (TPSA) is 40.5 Å². The number of nitrogens with zero attached hydrogens (tertiary/aromatic N) is 2. The molecule has 112 valence electrons. The Bertz CT molecular complexity index is 596. The maximum absolute atomic E-state index is 11.6. The Kier molecular flexibility index (Phi) is 3.59. The van der Waals surface area contributed by atoms with Crippen molar-refractivity contribution in [1.82, 2.24) is 9.38 Å². The SMILES string of the molecule is CC[N@+]1([C@@H]2CCCCN2C)C=C(C(=O)O)c2ccccc21. The summed E-state index contributed by atoms with van der Waals surface area (Å²) in [6, 6.07) is 7.97. The first-order valence-electron chi connectivity index (χ1n) is 7.74. The lowest BCUT2D eigenvalue weighted by atomic mass is 10.0. The Morgan fingerprint density at radius 2 is 2.14 bits per heavy atom. The first kappa shape index (κ1) is 14.3. The molecule has 2 atom stereocenters. The van der Waals surface area contributed by atoms with Crippen molar-refractivity contribution >= 4 is 17.2 Å². The van der Waals surface area contributed by atoms with Gasteiger partial charge in [-0.25, -0.2) is 9.28 Å². The number of aliphatic carboxylic acids is 1. The average Bonchev–Trinajstić information content (AvgIpc) is 2.84. The third-order valence-corrected chi connectivity index (χ3v) is 5.02. The number of hydrogen-bond acceptors (Lipinski definition) is 2. The van der Waals surface area contributed by atoms with Gasteiger partial charge in [-0.1, -0.05) is 12.1 Å². The normalized spacial score (nSPS) is 29.0. The first-order valence-corrected chi connectivity index (χ1v) is 7.74. The summed E-state index contributed by atoms with van der Waals surface area (Å²) < 4.78 is 0.647. The van der Waals surface area contributed by atoms with Crippen LogP contribution in [0.25, 0.3) is 5.57 Å². The molecule has 1 aromatic rings. The third-order valence-electron chi connectivity index (χ3n) is 5.02. The smallest absolute Gasteiger partial charge is 0.341 e. The van der Waals surface area contributed by atoms with Crippen LogP contribution in [0.5, 0.6) is 0 Å². The van der Waals surface area contributed by atoms with Gasteiger partial charge in [0.25, 0.3) is 0 Å². The van der Waals surface area contributed by atoms with Crippen LogP contribution in [-0.2, 0) is 4.79 Å². The number of rotatable bonds is 3. The van der Waals surface area contributed by atoms with Crippen molar-refractivity contribution in [2.75, 3.05) is 20.1 Å². The molecular weight excluding hydrogens is 264 g/mol. The molecule has 21 heavy (non-hydrogen) atoms. The van der Waals surface area contributed by atoms with Crippen LogP contribution in [0.1, 0.15) is 31.7 Å². The molecule has 0 aliphatic carbocycles. The molecule has 2 aliphatic rings. The molecule has 3 rings (SSSR count). The van der Waals surface area contributed by atoms with Crippen molar-refractivity contribution in [3.8, 4) is 0 Å². The minimum atomic E-state index is -0.825. The number of para-hydroxylation sites is 1. The Morgan fingerprint density at radius 1 is 1.38 bits per heavy atom. The Labute approximate surface area is 125 Å². The van der Waals surface area contributed by atoms with Gasteiger partial charge in [0.1, 0.15) is 17.5 Å². The highest BCUT2D eigenvalue weighted by Crippen LogP contribution is 2.44. The second kappa shape index (κ2) is 5.28. The van der Waals surface area contributed by atoms with Crippen LogP contribution in [0, 0.1) is 0 Å². The Balaban J connectivity index is 2.15. The minimum Gasteiger partial charge on any atom is -0.477 e. The summed E-state index contributed by atoms with van der Waals surface area (Å²) in [6.07, 6.45) is 5.87. The van der Waals surface area contributed by atoms with E-state index in [0.29, 0.717) is 16.2 Å². The number of likely N-dealkylation sites (tertiary alicyclic amines) is 1. The molecule has 0 radical (unpaired) electrons. The van der Waals surface area contributed by atoms with Crippen molar-refractivity contribution in [2.24, 2.45) is 0 Å². The van der Waals surface area contributed by atoms with E-state index in [0.717, 1.165) is 30.8 Å². The Morgan fingerprint density at radius 3 is 2.81 bits per heavy atom. The zero-order valence-electron chi connectivity index (χ0n) is 12.7. The van der Waals surface area contributed by atoms with Gasteiger partial charge in [-0.2, -0.15) is 0 Å². The summed E-state index contributed by atoms with van der Waals surface area (Å²) in [5.74, 6) is -0.825. The maximum Gasteiger partial charge on any atom is 0.341 e. The highest BCUT2D eigenvalue weighted by Gasteiger charge is 2.47. The molecule has 4 nitrogen and oxygen atoms in total. The van der Waals surface area contributed by atoms with Crippen LogP contribution in [-0.4, -0.2) is 42.3 Å². The zero-order valence-corrected chi connectivity index (χ0v) is 12.7. The van der Waals surface area contributed by atoms with Gasteiger partial charge >= 0.3 is 5.97 Å². The highest BCUT2D eigenvalue weighted by molar-refractivity contribution is 6.19. The number of carboxylic acids is 1. The summed E-state index contributed by atoms with van der Waals surface area (Å²) >= 11 is 0. The van der Waals surface area contributed by atoms with Crippen LogP contribution < -0.4 is 4.48 Å². The molecule has 0 bridgehead atoms. The van der Waals surface area contributed by atoms with Crippen LogP contribution >= 0.6 is 0 Å². The molecule has 1 saturated heterocycles. The summed E-state index contributed by atoms with van der Waals surface area (Å²) in [5.41, 5.74) is 2.47. The van der Waals surface area contributed by atoms with E-state index in [-0.39, 0.29) is 0 Å². The molecule has 1 N–H and O–H groups in total. The van der Waals surface area contributed by atoms with E-state index in [4.69, 9.17) is 0 Å². The molecule has 4 heteroatoms. The van der Waals surface area contributed by atoms with Crippen LogP contribution in [0.2, 0.25) is 0 Å². The lowest BCUT2D eigenvalue weighted by Crippen LogP contribution is -2.60. The van der Waals surface area contributed by atoms with Gasteiger partial charge in [-0.3, -0.25) is 4.90 Å². The number of carbonyl (C=O) groups is 1. The van der Waals surface area contributed by atoms with Crippen molar-refractivity contribution in [1.29, 1.82) is 0 Å². The number of carboxylic acid groups (broad SMARTS) is 1. The number of quaternary nitrogens is 1. The molecule has 0 unspecified atom stereocenters. The molecule has 1 fully saturated rings. The second-order valence-electron chi connectivity index (χ2n) is 6.07. The van der Waals surface area contributed by atoms with Crippen LogP contribution in [0.3, 0.4) is 0 Å². The fourth-order valence-corrected chi connectivity index (χ4v) is 3.96. The van der Waals surface area contributed by atoms with Crippen molar-refractivity contribution in [2.45, 2.75) is 32.4 Å². The van der Waals surface area contributed by atoms with Gasteiger partial charge in [0.15, 0.2) is 6.17 Å². The summed E-state index contributed by atoms with van der Waals surface area (Å²) in [5, 5.41) is 9.56. The van der Waals surface area contributed by atoms with Crippen LogP contribution in [0.4, 0.5) is 5.69 Å². The predicted molar refractivity (Wildman–Crippen MR) is 84.7 cm³/mol. The van der Waals surface area contributed by atoms with Gasteiger partial charge < -0.3 is 5.11 Å². The first-order chi connectivity index (χ1) is 10.1. The fraction of sp³-hybridized carbons (Fsp3) is 0.471. The number of piperidine rings is 1. The quantitative estimate of drug-likeness (QED) is 0.869. The second-order valence-corrected chi connectivity index (χ2v) is 6.07. The van der Waals surface area contributed by atoms with E-state index in [1.807, 2.05) is 24.4 Å². The largest absolute Gasteiger partial charge is 0.477 e. The lowest BCUT2D eigenvalue weighted by molar-refractivity contribution is -0.130. The molecule has 0 amide bonds. The summed E-state index contributed by atoms with van der Waals surface area (Å²) in [4.78, 5) is 14.0. The van der Waals surface area contributed by atoms with Gasteiger partial charge in [-0.05, 0) is 32.9 Å². The van der Waals surface area contributed by atoms with E-state index >= 15 is 0 Å². The van der Waals surface area contributed by atoms with Crippen molar-refractivity contribution in [3.63, 3.8) is 0 Å². The van der Waals surface area contributed by atoms with E-state index in [1.165, 1.54) is 12.8 Å². The van der Waals surface area contributed by atoms with Crippen LogP contribution in [0.15, 0.2) is 30.5 Å². The molecule has 2 aliphatic heterocycles. The van der Waals surface area contributed by atoms with E-state index in [9.17, 15) is 9.90 Å². The average molecular weight is 287 g/mol. The minimum absolute atomic E-state index is 0.335. The monoisotopic (exact) mass is 287 g/mol. The third kappa shape index (κ3) is 2.10. The zero-order chi connectivity index (χ0) is 15.0. The molecule has 0 spiro atoms. The van der Waals surface area contributed by atoms with Crippen molar-refractivity contribution < 1.29 is 9.90 Å². The van der Waals surface area contributed by atoms with Gasteiger partial charge in [0, 0.05) is 19.0 Å². The molecule has 0 aromatic heterocycles. The fourth-order valence-electron chi connectivity index (χ4n) is 3.96. The number of benzene rings is 1. The number of fused-ring (bicyclic) bond motifs is 1.